The highest BCUT2D eigenvalue weighted by atomic mass is 16.5. The zero-order chi connectivity index (χ0) is 13.4. The lowest BCUT2D eigenvalue weighted by Gasteiger charge is -2.23. The van der Waals surface area contributed by atoms with Crippen LogP contribution in [0.2, 0.25) is 0 Å². The fraction of sp³-hybridized carbons (Fsp3) is 0.833. The monoisotopic (exact) mass is 258 g/mol. The maximum atomic E-state index is 11.6. The van der Waals surface area contributed by atoms with Crippen LogP contribution >= 0.6 is 0 Å². The van der Waals surface area contributed by atoms with E-state index in [0.717, 1.165) is 6.54 Å². The van der Waals surface area contributed by atoms with Crippen molar-refractivity contribution in [3.63, 3.8) is 0 Å². The Balaban J connectivity index is 2.04. The third-order valence-corrected chi connectivity index (χ3v) is 2.98. The molecule has 0 aromatic carbocycles. The second kappa shape index (κ2) is 8.05. The fourth-order valence-corrected chi connectivity index (χ4v) is 1.79. The van der Waals surface area contributed by atoms with Gasteiger partial charge in [0.05, 0.1) is 25.0 Å². The van der Waals surface area contributed by atoms with Crippen molar-refractivity contribution in [2.75, 3.05) is 26.2 Å². The van der Waals surface area contributed by atoms with Crippen LogP contribution in [0.1, 0.15) is 26.2 Å². The van der Waals surface area contributed by atoms with Gasteiger partial charge in [-0.1, -0.05) is 6.92 Å². The molecule has 0 spiro atoms. The van der Waals surface area contributed by atoms with E-state index in [1.54, 1.807) is 6.92 Å². The molecule has 2 unspecified atom stereocenters. The lowest BCUT2D eigenvalue weighted by atomic mass is 10.1. The van der Waals surface area contributed by atoms with Crippen LogP contribution in [0.4, 0.5) is 0 Å². The zero-order valence-electron chi connectivity index (χ0n) is 10.8. The highest BCUT2D eigenvalue weighted by Crippen LogP contribution is 2.05. The van der Waals surface area contributed by atoms with Crippen molar-refractivity contribution < 1.29 is 19.4 Å². The SMILES string of the molecule is CC(CCCNC(=O)CC1CNCCO1)C(=O)O. The molecule has 1 amide bonds. The van der Waals surface area contributed by atoms with Crippen molar-refractivity contribution in [3.05, 3.63) is 0 Å². The molecule has 2 atom stereocenters. The second-order valence-electron chi connectivity index (χ2n) is 4.63. The molecule has 6 heteroatoms. The van der Waals surface area contributed by atoms with Crippen LogP contribution in [0.3, 0.4) is 0 Å². The van der Waals surface area contributed by atoms with E-state index in [1.807, 2.05) is 0 Å². The molecule has 0 aliphatic carbocycles. The Morgan fingerprint density at radius 2 is 2.33 bits per heavy atom. The number of hydrogen-bond donors (Lipinski definition) is 3. The predicted molar refractivity (Wildman–Crippen MR) is 66.3 cm³/mol. The van der Waals surface area contributed by atoms with E-state index in [2.05, 4.69) is 10.6 Å². The average molecular weight is 258 g/mol. The molecule has 1 saturated heterocycles. The number of carbonyl (C=O) groups excluding carboxylic acids is 1. The normalized spacial score (nSPS) is 21.3. The summed E-state index contributed by atoms with van der Waals surface area (Å²) in [5.41, 5.74) is 0. The lowest BCUT2D eigenvalue weighted by molar-refractivity contribution is -0.141. The third kappa shape index (κ3) is 5.97. The molecule has 3 N–H and O–H groups in total. The minimum Gasteiger partial charge on any atom is -0.481 e. The first-order chi connectivity index (χ1) is 8.59. The van der Waals surface area contributed by atoms with Crippen molar-refractivity contribution in [1.82, 2.24) is 10.6 Å². The zero-order valence-corrected chi connectivity index (χ0v) is 10.8. The van der Waals surface area contributed by atoms with Gasteiger partial charge in [0, 0.05) is 19.6 Å². The summed E-state index contributed by atoms with van der Waals surface area (Å²) >= 11 is 0. The summed E-state index contributed by atoms with van der Waals surface area (Å²) in [6, 6.07) is 0. The van der Waals surface area contributed by atoms with Crippen LogP contribution in [0.15, 0.2) is 0 Å². The molecule has 0 bridgehead atoms. The van der Waals surface area contributed by atoms with E-state index < -0.39 is 5.97 Å². The Morgan fingerprint density at radius 3 is 2.94 bits per heavy atom. The first-order valence-electron chi connectivity index (χ1n) is 6.41. The molecule has 1 fully saturated rings. The number of aliphatic carboxylic acids is 1. The fourth-order valence-electron chi connectivity index (χ4n) is 1.79. The molecular weight excluding hydrogens is 236 g/mol. The van der Waals surface area contributed by atoms with Gasteiger partial charge in [0.15, 0.2) is 0 Å². The summed E-state index contributed by atoms with van der Waals surface area (Å²) in [6.07, 6.45) is 1.58. The smallest absolute Gasteiger partial charge is 0.306 e. The predicted octanol–water partition coefficient (Wildman–Crippen LogP) is -0.0180. The van der Waals surface area contributed by atoms with Gasteiger partial charge in [0.25, 0.3) is 0 Å². The molecule has 6 nitrogen and oxygen atoms in total. The molecule has 0 saturated carbocycles. The minimum atomic E-state index is -0.789. The standard InChI is InChI=1S/C12H22N2O4/c1-9(12(16)17)3-2-4-14-11(15)7-10-8-13-5-6-18-10/h9-10,13H,2-8H2,1H3,(H,14,15)(H,16,17). The van der Waals surface area contributed by atoms with E-state index in [4.69, 9.17) is 9.84 Å². The van der Waals surface area contributed by atoms with Crippen LogP contribution in [-0.4, -0.2) is 49.3 Å². The topological polar surface area (TPSA) is 87.7 Å². The molecule has 1 rings (SSSR count). The Kier molecular flexibility index (Phi) is 6.67. The summed E-state index contributed by atoms with van der Waals surface area (Å²) in [5, 5.41) is 14.6. The van der Waals surface area contributed by atoms with Gasteiger partial charge in [0.1, 0.15) is 0 Å². The van der Waals surface area contributed by atoms with E-state index in [0.29, 0.717) is 39.0 Å². The lowest BCUT2D eigenvalue weighted by Crippen LogP contribution is -2.41. The number of rotatable bonds is 7. The van der Waals surface area contributed by atoms with Crippen molar-refractivity contribution in [3.8, 4) is 0 Å². The number of amides is 1. The maximum absolute atomic E-state index is 11.6. The van der Waals surface area contributed by atoms with E-state index in [9.17, 15) is 9.59 Å². The van der Waals surface area contributed by atoms with Gasteiger partial charge in [-0.2, -0.15) is 0 Å². The van der Waals surface area contributed by atoms with Crippen LogP contribution in [-0.2, 0) is 14.3 Å². The quantitative estimate of drug-likeness (QED) is 0.559. The average Bonchev–Trinajstić information content (AvgIpc) is 2.35. The highest BCUT2D eigenvalue weighted by molar-refractivity contribution is 5.76. The molecular formula is C12H22N2O4. The molecule has 1 heterocycles. The summed E-state index contributed by atoms with van der Waals surface area (Å²) in [4.78, 5) is 22.1. The van der Waals surface area contributed by atoms with E-state index in [-0.39, 0.29) is 17.9 Å². The first-order valence-corrected chi connectivity index (χ1v) is 6.41. The maximum Gasteiger partial charge on any atom is 0.306 e. The summed E-state index contributed by atoms with van der Waals surface area (Å²) in [6.45, 7) is 4.39. The van der Waals surface area contributed by atoms with Gasteiger partial charge in [-0.25, -0.2) is 0 Å². The van der Waals surface area contributed by atoms with E-state index >= 15 is 0 Å². The molecule has 104 valence electrons. The van der Waals surface area contributed by atoms with Crippen LogP contribution in [0.5, 0.6) is 0 Å². The molecule has 0 aromatic heterocycles. The summed E-state index contributed by atoms with van der Waals surface area (Å²) in [7, 11) is 0. The molecule has 0 aromatic rings. The second-order valence-corrected chi connectivity index (χ2v) is 4.63. The van der Waals surface area contributed by atoms with Crippen molar-refractivity contribution in [2.45, 2.75) is 32.3 Å². The van der Waals surface area contributed by atoms with Crippen molar-refractivity contribution >= 4 is 11.9 Å². The van der Waals surface area contributed by atoms with Crippen LogP contribution in [0, 0.1) is 5.92 Å². The molecule has 0 radical (unpaired) electrons. The highest BCUT2D eigenvalue weighted by Gasteiger charge is 2.17. The first kappa shape index (κ1) is 14.9. The van der Waals surface area contributed by atoms with Gasteiger partial charge in [-0.15, -0.1) is 0 Å². The van der Waals surface area contributed by atoms with E-state index in [1.165, 1.54) is 0 Å². The van der Waals surface area contributed by atoms with Crippen LogP contribution in [0.25, 0.3) is 0 Å². The Labute approximate surface area is 107 Å². The minimum absolute atomic E-state index is 0.0355. The Morgan fingerprint density at radius 1 is 1.56 bits per heavy atom. The number of carboxylic acid groups (broad SMARTS) is 1. The van der Waals surface area contributed by atoms with Crippen LogP contribution < -0.4 is 10.6 Å². The molecule has 1 aliphatic rings. The Hall–Kier alpha value is -1.14. The summed E-state index contributed by atoms with van der Waals surface area (Å²) < 4.78 is 5.42. The Bertz CT molecular complexity index is 277. The van der Waals surface area contributed by atoms with Crippen molar-refractivity contribution in [2.24, 2.45) is 5.92 Å². The number of nitrogens with one attached hydrogen (secondary N) is 2. The van der Waals surface area contributed by atoms with Gasteiger partial charge in [-0.05, 0) is 12.8 Å². The van der Waals surface area contributed by atoms with Gasteiger partial charge in [-0.3, -0.25) is 9.59 Å². The molecule has 18 heavy (non-hydrogen) atoms. The summed E-state index contributed by atoms with van der Waals surface area (Å²) in [5.74, 6) is -1.18. The largest absolute Gasteiger partial charge is 0.481 e. The molecule has 1 aliphatic heterocycles. The third-order valence-electron chi connectivity index (χ3n) is 2.98. The number of carbonyl (C=O) groups is 2. The number of ether oxygens (including phenoxy) is 1. The number of carboxylic acids is 1. The number of hydrogen-bond acceptors (Lipinski definition) is 4. The van der Waals surface area contributed by atoms with Crippen molar-refractivity contribution in [1.29, 1.82) is 0 Å². The van der Waals surface area contributed by atoms with Gasteiger partial charge < -0.3 is 20.5 Å². The van der Waals surface area contributed by atoms with Gasteiger partial charge >= 0.3 is 5.97 Å². The van der Waals surface area contributed by atoms with Gasteiger partial charge in [0.2, 0.25) is 5.91 Å². The number of morpholine rings is 1.